The van der Waals surface area contributed by atoms with Crippen LogP contribution in [0.1, 0.15) is 0 Å². The summed E-state index contributed by atoms with van der Waals surface area (Å²) < 4.78 is 4.78. The molecule has 1 aromatic carbocycles. The summed E-state index contributed by atoms with van der Waals surface area (Å²) in [4.78, 5) is 11.4. The van der Waals surface area contributed by atoms with Gasteiger partial charge in [0, 0.05) is 9.92 Å². The Hall–Kier alpha value is -1.20. The number of nitrogens with zero attached hydrogens (tertiary/aromatic N) is 1. The van der Waals surface area contributed by atoms with Crippen molar-refractivity contribution in [2.45, 2.75) is 4.90 Å². The van der Waals surface area contributed by atoms with Crippen LogP contribution in [0.25, 0.3) is 11.5 Å². The third-order valence-corrected chi connectivity index (χ3v) is 2.25. The van der Waals surface area contributed by atoms with Gasteiger partial charge in [-0.1, -0.05) is 11.6 Å². The molecule has 14 heavy (non-hydrogen) atoms. The van der Waals surface area contributed by atoms with Gasteiger partial charge >= 0.3 is 5.76 Å². The van der Waals surface area contributed by atoms with Crippen molar-refractivity contribution in [3.63, 3.8) is 0 Å². The number of aromatic nitrogens is 2. The van der Waals surface area contributed by atoms with E-state index in [0.717, 1.165) is 0 Å². The summed E-state index contributed by atoms with van der Waals surface area (Å²) in [5.74, 6) is -0.421. The van der Waals surface area contributed by atoms with Crippen LogP contribution in [-0.2, 0) is 0 Å². The van der Waals surface area contributed by atoms with Crippen LogP contribution in [-0.4, -0.2) is 10.2 Å². The van der Waals surface area contributed by atoms with Crippen LogP contribution in [0.2, 0.25) is 5.02 Å². The van der Waals surface area contributed by atoms with Gasteiger partial charge in [0.15, 0.2) is 0 Å². The number of thiol groups is 1. The van der Waals surface area contributed by atoms with Crippen molar-refractivity contribution in [1.82, 2.24) is 10.2 Å². The van der Waals surface area contributed by atoms with Crippen molar-refractivity contribution in [3.8, 4) is 11.5 Å². The fraction of sp³-hybridized carbons (Fsp3) is 0. The summed E-state index contributed by atoms with van der Waals surface area (Å²) >= 11 is 9.97. The van der Waals surface area contributed by atoms with Gasteiger partial charge in [0.05, 0.1) is 5.56 Å². The van der Waals surface area contributed by atoms with Crippen molar-refractivity contribution in [2.75, 3.05) is 0 Å². The monoisotopic (exact) mass is 228 g/mol. The molecule has 0 spiro atoms. The van der Waals surface area contributed by atoms with E-state index < -0.39 is 5.76 Å². The zero-order valence-corrected chi connectivity index (χ0v) is 8.47. The molecule has 4 nitrogen and oxygen atoms in total. The van der Waals surface area contributed by atoms with Crippen LogP contribution >= 0.6 is 24.2 Å². The maximum atomic E-state index is 10.7. The first-order chi connectivity index (χ1) is 6.66. The molecule has 0 aliphatic carbocycles. The summed E-state index contributed by atoms with van der Waals surface area (Å²) in [5.41, 5.74) is 0.583. The molecule has 72 valence electrons. The van der Waals surface area contributed by atoms with Gasteiger partial charge in [-0.2, -0.15) is 0 Å². The number of hydrogen-bond acceptors (Lipinski definition) is 4. The second-order valence-corrected chi connectivity index (χ2v) is 3.50. The van der Waals surface area contributed by atoms with Gasteiger partial charge in [-0.3, -0.25) is 0 Å². The Morgan fingerprint density at radius 1 is 1.50 bits per heavy atom. The lowest BCUT2D eigenvalue weighted by Gasteiger charge is -1.99. The highest BCUT2D eigenvalue weighted by atomic mass is 35.5. The molecule has 2 rings (SSSR count). The van der Waals surface area contributed by atoms with Crippen molar-refractivity contribution in [2.24, 2.45) is 0 Å². The van der Waals surface area contributed by atoms with Crippen LogP contribution in [0.4, 0.5) is 0 Å². The average Bonchev–Trinajstić information content (AvgIpc) is 2.56. The number of nitrogens with one attached hydrogen (secondary N) is 1. The van der Waals surface area contributed by atoms with Crippen molar-refractivity contribution < 1.29 is 4.42 Å². The molecule has 2 aromatic rings. The average molecular weight is 229 g/mol. The summed E-state index contributed by atoms with van der Waals surface area (Å²) in [7, 11) is 0. The second-order valence-electron chi connectivity index (χ2n) is 2.58. The van der Waals surface area contributed by atoms with E-state index in [9.17, 15) is 4.79 Å². The van der Waals surface area contributed by atoms with E-state index in [2.05, 4.69) is 22.8 Å². The van der Waals surface area contributed by atoms with Crippen LogP contribution in [0.5, 0.6) is 0 Å². The van der Waals surface area contributed by atoms with Crippen molar-refractivity contribution in [1.29, 1.82) is 0 Å². The Bertz CT molecular complexity index is 520. The van der Waals surface area contributed by atoms with Crippen molar-refractivity contribution in [3.05, 3.63) is 33.8 Å². The van der Waals surface area contributed by atoms with Gasteiger partial charge in [0.25, 0.3) is 0 Å². The van der Waals surface area contributed by atoms with Crippen LogP contribution in [0.3, 0.4) is 0 Å². The fourth-order valence-electron chi connectivity index (χ4n) is 1.02. The molecule has 0 aliphatic heterocycles. The normalized spacial score (nSPS) is 10.4. The van der Waals surface area contributed by atoms with Gasteiger partial charge in [-0.15, -0.1) is 17.7 Å². The molecular weight excluding hydrogens is 224 g/mol. The van der Waals surface area contributed by atoms with Gasteiger partial charge in [-0.25, -0.2) is 9.89 Å². The minimum Gasteiger partial charge on any atom is -0.388 e. The van der Waals surface area contributed by atoms with Gasteiger partial charge < -0.3 is 4.42 Å². The highest BCUT2D eigenvalue weighted by molar-refractivity contribution is 7.80. The summed E-state index contributed by atoms with van der Waals surface area (Å²) in [6, 6.07) is 5.02. The Kier molecular flexibility index (Phi) is 2.35. The molecule has 0 saturated carbocycles. The lowest BCUT2D eigenvalue weighted by Crippen LogP contribution is -1.93. The first-order valence-electron chi connectivity index (χ1n) is 3.71. The lowest BCUT2D eigenvalue weighted by molar-refractivity contribution is 0.526. The molecule has 0 bridgehead atoms. The largest absolute Gasteiger partial charge is 0.434 e. The molecule has 6 heteroatoms. The van der Waals surface area contributed by atoms with E-state index in [4.69, 9.17) is 16.0 Å². The zero-order valence-electron chi connectivity index (χ0n) is 6.82. The number of aromatic amines is 1. The molecule has 0 aliphatic rings. The van der Waals surface area contributed by atoms with E-state index in [1.165, 1.54) is 0 Å². The Labute approximate surface area is 89.3 Å². The topological polar surface area (TPSA) is 58.9 Å². The number of benzene rings is 1. The highest BCUT2D eigenvalue weighted by Crippen LogP contribution is 2.26. The maximum absolute atomic E-state index is 10.7. The smallest absolute Gasteiger partial charge is 0.388 e. The number of halogens is 1. The minimum absolute atomic E-state index is 0.183. The van der Waals surface area contributed by atoms with Crippen molar-refractivity contribution >= 4 is 24.2 Å². The minimum atomic E-state index is -0.604. The van der Waals surface area contributed by atoms with E-state index in [1.807, 2.05) is 0 Å². The zero-order chi connectivity index (χ0) is 10.1. The maximum Gasteiger partial charge on any atom is 0.434 e. The Morgan fingerprint density at radius 2 is 2.29 bits per heavy atom. The summed E-state index contributed by atoms with van der Waals surface area (Å²) in [5, 5.41) is 6.37. The molecule has 0 radical (unpaired) electrons. The van der Waals surface area contributed by atoms with E-state index in [0.29, 0.717) is 15.5 Å². The SMILES string of the molecule is O=c1[nH]nc(-c2cc(Cl)ccc2S)o1. The molecule has 1 N–H and O–H groups in total. The van der Waals surface area contributed by atoms with Crippen LogP contribution in [0, 0.1) is 0 Å². The Balaban J connectivity index is 2.61. The predicted octanol–water partition coefficient (Wildman–Crippen LogP) is 1.97. The van der Waals surface area contributed by atoms with Crippen LogP contribution < -0.4 is 5.76 Å². The van der Waals surface area contributed by atoms with Crippen LogP contribution in [0.15, 0.2) is 32.3 Å². The van der Waals surface area contributed by atoms with E-state index >= 15 is 0 Å². The number of rotatable bonds is 1. The summed E-state index contributed by atoms with van der Waals surface area (Å²) in [6.45, 7) is 0. The first kappa shape index (κ1) is 9.36. The van der Waals surface area contributed by atoms with E-state index in [1.54, 1.807) is 18.2 Å². The molecule has 1 heterocycles. The molecule has 0 fully saturated rings. The van der Waals surface area contributed by atoms with Gasteiger partial charge in [-0.05, 0) is 18.2 Å². The molecule has 0 amide bonds. The lowest BCUT2D eigenvalue weighted by atomic mass is 10.2. The predicted molar refractivity (Wildman–Crippen MR) is 54.8 cm³/mol. The molecule has 0 unspecified atom stereocenters. The van der Waals surface area contributed by atoms with Gasteiger partial charge in [0.2, 0.25) is 5.89 Å². The number of hydrogen-bond donors (Lipinski definition) is 2. The molecular formula is C8H5ClN2O2S. The summed E-state index contributed by atoms with van der Waals surface area (Å²) in [6.07, 6.45) is 0. The molecule has 1 aromatic heterocycles. The number of H-pyrrole nitrogens is 1. The fourth-order valence-corrected chi connectivity index (χ4v) is 1.43. The first-order valence-corrected chi connectivity index (χ1v) is 4.54. The van der Waals surface area contributed by atoms with E-state index in [-0.39, 0.29) is 5.89 Å². The Morgan fingerprint density at radius 3 is 2.93 bits per heavy atom. The highest BCUT2D eigenvalue weighted by Gasteiger charge is 2.09. The second kappa shape index (κ2) is 3.51. The standard InChI is InChI=1S/C8H5ClN2O2S/c9-4-1-2-6(14)5(3-4)7-10-11-8(12)13-7/h1-3,14H,(H,11,12). The quantitative estimate of drug-likeness (QED) is 0.734. The van der Waals surface area contributed by atoms with Gasteiger partial charge in [0.1, 0.15) is 0 Å². The molecule has 0 atom stereocenters. The molecule has 0 saturated heterocycles. The third-order valence-electron chi connectivity index (χ3n) is 1.63. The third kappa shape index (κ3) is 1.69.